The molecule has 0 spiro atoms. The van der Waals surface area contributed by atoms with Crippen LogP contribution in [-0.2, 0) is 14.4 Å². The first kappa shape index (κ1) is 20.3. The average molecular weight is 352 g/mol. The third-order valence-electron chi connectivity index (χ3n) is 3.45. The van der Waals surface area contributed by atoms with Crippen LogP contribution < -0.4 is 20.1 Å². The van der Waals surface area contributed by atoms with Gasteiger partial charge in [0.25, 0.3) is 0 Å². The van der Waals surface area contributed by atoms with Crippen LogP contribution in [0.4, 0.5) is 0 Å². The lowest BCUT2D eigenvalue weighted by Gasteiger charge is -2.19. The van der Waals surface area contributed by atoms with Gasteiger partial charge in [-0.15, -0.1) is 0 Å². The zero-order chi connectivity index (χ0) is 18.8. The Hall–Kier alpha value is -2.77. The summed E-state index contributed by atoms with van der Waals surface area (Å²) in [5.74, 6) is -0.821. The van der Waals surface area contributed by atoms with Gasteiger partial charge in [-0.1, -0.05) is 13.0 Å². The van der Waals surface area contributed by atoms with Gasteiger partial charge in [0.2, 0.25) is 11.8 Å². The van der Waals surface area contributed by atoms with E-state index in [4.69, 9.17) is 14.6 Å². The van der Waals surface area contributed by atoms with Gasteiger partial charge >= 0.3 is 5.97 Å². The lowest BCUT2D eigenvalue weighted by Crippen LogP contribution is -2.39. The minimum absolute atomic E-state index is 0.206. The highest BCUT2D eigenvalue weighted by Crippen LogP contribution is 2.30. The van der Waals surface area contributed by atoms with Crippen LogP contribution in [0.15, 0.2) is 18.2 Å². The largest absolute Gasteiger partial charge is 0.493 e. The van der Waals surface area contributed by atoms with Gasteiger partial charge in [-0.05, 0) is 24.1 Å². The van der Waals surface area contributed by atoms with E-state index >= 15 is 0 Å². The number of carbonyl (C=O) groups is 3. The second kappa shape index (κ2) is 10.2. The van der Waals surface area contributed by atoms with Crippen molar-refractivity contribution in [2.24, 2.45) is 0 Å². The molecule has 0 bridgehead atoms. The van der Waals surface area contributed by atoms with Crippen molar-refractivity contribution in [2.45, 2.75) is 32.2 Å². The molecule has 0 aliphatic heterocycles. The van der Waals surface area contributed by atoms with Crippen LogP contribution in [0.2, 0.25) is 0 Å². The Morgan fingerprint density at radius 1 is 1.12 bits per heavy atom. The first-order chi connectivity index (χ1) is 11.9. The second-order valence-corrected chi connectivity index (χ2v) is 5.36. The van der Waals surface area contributed by atoms with Crippen LogP contribution in [0.3, 0.4) is 0 Å². The van der Waals surface area contributed by atoms with E-state index in [-0.39, 0.29) is 18.9 Å². The van der Waals surface area contributed by atoms with E-state index in [1.165, 1.54) is 14.2 Å². The number of methoxy groups -OCH3 is 2. The fourth-order valence-electron chi connectivity index (χ4n) is 2.24. The zero-order valence-electron chi connectivity index (χ0n) is 14.6. The molecule has 1 aromatic rings. The van der Waals surface area contributed by atoms with Gasteiger partial charge in [0.05, 0.1) is 33.2 Å². The van der Waals surface area contributed by atoms with Gasteiger partial charge in [-0.2, -0.15) is 0 Å². The minimum Gasteiger partial charge on any atom is -0.493 e. The highest BCUT2D eigenvalue weighted by molar-refractivity contribution is 5.85. The number of amides is 2. The maximum Gasteiger partial charge on any atom is 0.305 e. The predicted molar refractivity (Wildman–Crippen MR) is 90.6 cm³/mol. The summed E-state index contributed by atoms with van der Waals surface area (Å²) in [6, 6.07) is 4.15. The normalized spacial score (nSPS) is 11.3. The quantitative estimate of drug-likeness (QED) is 0.584. The van der Waals surface area contributed by atoms with Crippen molar-refractivity contribution in [3.05, 3.63) is 23.8 Å². The molecule has 0 aliphatic carbocycles. The molecule has 0 aromatic heterocycles. The Kier molecular flexibility index (Phi) is 8.25. The van der Waals surface area contributed by atoms with Crippen LogP contribution >= 0.6 is 0 Å². The van der Waals surface area contributed by atoms with Crippen molar-refractivity contribution in [3.8, 4) is 11.5 Å². The predicted octanol–water partition coefficient (Wildman–Crippen LogP) is 1.25. The fourth-order valence-corrected chi connectivity index (χ4v) is 2.24. The van der Waals surface area contributed by atoms with Crippen LogP contribution in [0.25, 0.3) is 0 Å². The molecular weight excluding hydrogens is 328 g/mol. The topological polar surface area (TPSA) is 114 Å². The number of hydrogen-bond donors (Lipinski definition) is 3. The Morgan fingerprint density at radius 2 is 1.80 bits per heavy atom. The maximum atomic E-state index is 12.0. The average Bonchev–Trinajstić information content (AvgIpc) is 2.58. The molecule has 0 aliphatic rings. The molecule has 0 radical (unpaired) electrons. The van der Waals surface area contributed by atoms with Crippen molar-refractivity contribution in [2.75, 3.05) is 20.8 Å². The summed E-state index contributed by atoms with van der Waals surface area (Å²) in [5.41, 5.74) is 0.563. The summed E-state index contributed by atoms with van der Waals surface area (Å²) in [7, 11) is 2.96. The first-order valence-corrected chi connectivity index (χ1v) is 7.91. The molecule has 3 N–H and O–H groups in total. The minimum atomic E-state index is -1.06. The Balaban J connectivity index is 2.85. The van der Waals surface area contributed by atoms with Crippen LogP contribution in [-0.4, -0.2) is 43.7 Å². The molecule has 8 nitrogen and oxygen atoms in total. The van der Waals surface area contributed by atoms with Crippen LogP contribution in [0, 0.1) is 0 Å². The lowest BCUT2D eigenvalue weighted by atomic mass is 10.0. The van der Waals surface area contributed by atoms with Crippen molar-refractivity contribution < 1.29 is 29.0 Å². The number of aliphatic carboxylic acids is 1. The molecule has 0 fully saturated rings. The summed E-state index contributed by atoms with van der Waals surface area (Å²) in [4.78, 5) is 34.6. The second-order valence-electron chi connectivity index (χ2n) is 5.36. The van der Waals surface area contributed by atoms with Gasteiger partial charge in [0.15, 0.2) is 11.5 Å². The number of nitrogens with one attached hydrogen (secondary N) is 2. The van der Waals surface area contributed by atoms with Gasteiger partial charge in [0.1, 0.15) is 0 Å². The van der Waals surface area contributed by atoms with Crippen molar-refractivity contribution >= 4 is 17.8 Å². The molecule has 0 heterocycles. The number of carboxylic acids is 1. The third kappa shape index (κ3) is 6.70. The van der Waals surface area contributed by atoms with E-state index < -0.39 is 17.9 Å². The number of carboxylic acid groups (broad SMARTS) is 1. The summed E-state index contributed by atoms with van der Waals surface area (Å²) in [6.45, 7) is 1.65. The maximum absolute atomic E-state index is 12.0. The van der Waals surface area contributed by atoms with E-state index in [0.29, 0.717) is 29.9 Å². The molecule has 138 valence electrons. The molecular formula is C17H24N2O6. The van der Waals surface area contributed by atoms with Crippen molar-refractivity contribution in [1.29, 1.82) is 0 Å². The number of hydrogen-bond acceptors (Lipinski definition) is 5. The molecule has 1 aromatic carbocycles. The number of rotatable bonds is 10. The van der Waals surface area contributed by atoms with E-state index in [1.54, 1.807) is 18.2 Å². The van der Waals surface area contributed by atoms with Gasteiger partial charge in [0, 0.05) is 6.42 Å². The van der Waals surface area contributed by atoms with Crippen molar-refractivity contribution in [1.82, 2.24) is 10.6 Å². The van der Waals surface area contributed by atoms with E-state index in [0.717, 1.165) is 0 Å². The monoisotopic (exact) mass is 352 g/mol. The summed E-state index contributed by atoms with van der Waals surface area (Å²) in [6.07, 6.45) is 0.715. The number of benzene rings is 1. The lowest BCUT2D eigenvalue weighted by molar-refractivity contribution is -0.138. The molecule has 25 heavy (non-hydrogen) atoms. The molecule has 8 heteroatoms. The number of carbonyl (C=O) groups excluding carboxylic acids is 2. The van der Waals surface area contributed by atoms with Crippen molar-refractivity contribution in [3.63, 3.8) is 0 Å². The Bertz CT molecular complexity index is 617. The SMILES string of the molecule is CCCC(=O)NCC(=O)NC(CC(=O)O)c1ccc(OC)c(OC)c1. The van der Waals surface area contributed by atoms with E-state index in [2.05, 4.69) is 10.6 Å². The van der Waals surface area contributed by atoms with Crippen LogP contribution in [0.5, 0.6) is 11.5 Å². The van der Waals surface area contributed by atoms with E-state index in [9.17, 15) is 14.4 Å². The first-order valence-electron chi connectivity index (χ1n) is 7.91. The Morgan fingerprint density at radius 3 is 2.36 bits per heavy atom. The summed E-state index contributed by atoms with van der Waals surface area (Å²) >= 11 is 0. The fraction of sp³-hybridized carbons (Fsp3) is 0.471. The smallest absolute Gasteiger partial charge is 0.305 e. The molecule has 0 saturated heterocycles. The molecule has 1 unspecified atom stereocenters. The molecule has 2 amide bonds. The number of ether oxygens (including phenoxy) is 2. The molecule has 1 atom stereocenters. The zero-order valence-corrected chi connectivity index (χ0v) is 14.6. The standard InChI is InChI=1S/C17H24N2O6/c1-4-5-15(20)18-10-16(21)19-12(9-17(22)23)11-6-7-13(24-2)14(8-11)25-3/h6-8,12H,4-5,9-10H2,1-3H3,(H,18,20)(H,19,21)(H,22,23). The highest BCUT2D eigenvalue weighted by atomic mass is 16.5. The third-order valence-corrected chi connectivity index (χ3v) is 3.45. The summed E-state index contributed by atoms with van der Waals surface area (Å²) in [5, 5.41) is 14.2. The van der Waals surface area contributed by atoms with Gasteiger partial charge in [-0.3, -0.25) is 14.4 Å². The van der Waals surface area contributed by atoms with Gasteiger partial charge in [-0.25, -0.2) is 0 Å². The molecule has 0 saturated carbocycles. The molecule has 1 rings (SSSR count). The van der Waals surface area contributed by atoms with Crippen LogP contribution in [0.1, 0.15) is 37.8 Å². The van der Waals surface area contributed by atoms with Gasteiger partial charge < -0.3 is 25.2 Å². The highest BCUT2D eigenvalue weighted by Gasteiger charge is 2.20. The summed E-state index contributed by atoms with van der Waals surface area (Å²) < 4.78 is 10.3. The Labute approximate surface area is 146 Å². The van der Waals surface area contributed by atoms with E-state index in [1.807, 2.05) is 6.92 Å².